The van der Waals surface area contributed by atoms with Crippen LogP contribution in [0.3, 0.4) is 0 Å². The molecule has 1 N–H and O–H groups in total. The first-order valence-corrected chi connectivity index (χ1v) is 14.0. The summed E-state index contributed by atoms with van der Waals surface area (Å²) in [5, 5.41) is 11.8. The van der Waals surface area contributed by atoms with Crippen LogP contribution < -0.4 is 20.9 Å². The normalized spacial score (nSPS) is 12.5. The van der Waals surface area contributed by atoms with Crippen LogP contribution in [0.5, 0.6) is 11.6 Å². The molecule has 1 aliphatic rings. The lowest BCUT2D eigenvalue weighted by atomic mass is 10.2. The molecule has 0 aliphatic carbocycles. The first-order valence-electron chi connectivity index (χ1n) is 13.2. The van der Waals surface area contributed by atoms with E-state index in [-0.39, 0.29) is 24.6 Å². The predicted molar refractivity (Wildman–Crippen MR) is 150 cm³/mol. The van der Waals surface area contributed by atoms with E-state index in [1.165, 1.54) is 24.2 Å². The molecule has 0 unspecified atom stereocenters. The second-order valence-corrected chi connectivity index (χ2v) is 9.98. The SMILES string of the molecule is CCCCCCN1C(=C=Cc2c(O)n(CCCC)c(=O)n(CCOC)c2=O)Sc2cc(OCC)ccc21. The number of methoxy groups -OCH3 is 1. The zero-order chi connectivity index (χ0) is 26.8. The topological polar surface area (TPSA) is 85.9 Å². The Bertz CT molecular complexity index is 1240. The van der Waals surface area contributed by atoms with Gasteiger partial charge in [-0.2, -0.15) is 0 Å². The van der Waals surface area contributed by atoms with Crippen LogP contribution in [0.25, 0.3) is 6.08 Å². The number of aromatic hydroxyl groups is 1. The van der Waals surface area contributed by atoms with Crippen LogP contribution in [0.15, 0.2) is 43.4 Å². The van der Waals surface area contributed by atoms with E-state index >= 15 is 0 Å². The third kappa shape index (κ3) is 6.92. The van der Waals surface area contributed by atoms with Crippen molar-refractivity contribution in [2.45, 2.75) is 77.3 Å². The molecule has 9 heteroatoms. The quantitative estimate of drug-likeness (QED) is 0.266. The standard InChI is InChI=1S/C28H39N3O5S/c1-5-8-10-11-17-29-23-14-12-21(36-7-3)20-24(23)37-25(29)15-13-22-26(32)30(16-9-6-2)28(34)31(27(22)33)18-19-35-4/h12-14,20,32H,5-11,16-19H2,1-4H3. The maximum atomic E-state index is 13.2. The number of ether oxygens (including phenoxy) is 2. The average molecular weight is 530 g/mol. The van der Waals surface area contributed by atoms with Gasteiger partial charge in [-0.1, -0.05) is 57.0 Å². The Labute approximate surface area is 223 Å². The van der Waals surface area contributed by atoms with Crippen molar-refractivity contribution in [2.24, 2.45) is 0 Å². The molecule has 0 amide bonds. The highest BCUT2D eigenvalue weighted by Crippen LogP contribution is 2.47. The number of nitrogens with zero attached hydrogens (tertiary/aromatic N) is 3. The molecular formula is C28H39N3O5S. The van der Waals surface area contributed by atoms with Gasteiger partial charge < -0.3 is 19.5 Å². The average Bonchev–Trinajstić information content (AvgIpc) is 3.23. The fraction of sp³-hybridized carbons (Fsp3) is 0.536. The highest BCUT2D eigenvalue weighted by molar-refractivity contribution is 8.03. The van der Waals surface area contributed by atoms with Crippen LogP contribution >= 0.6 is 11.8 Å². The molecule has 2 heterocycles. The summed E-state index contributed by atoms with van der Waals surface area (Å²) in [4.78, 5) is 29.4. The van der Waals surface area contributed by atoms with Gasteiger partial charge in [-0.05, 0) is 38.0 Å². The van der Waals surface area contributed by atoms with Crippen LogP contribution in [0.4, 0.5) is 5.69 Å². The maximum absolute atomic E-state index is 13.2. The van der Waals surface area contributed by atoms with Gasteiger partial charge >= 0.3 is 5.69 Å². The molecular weight excluding hydrogens is 490 g/mol. The van der Waals surface area contributed by atoms with E-state index in [2.05, 4.69) is 23.6 Å². The molecule has 3 rings (SSSR count). The first-order chi connectivity index (χ1) is 18.0. The van der Waals surface area contributed by atoms with Crippen molar-refractivity contribution in [3.63, 3.8) is 0 Å². The molecule has 1 aliphatic heterocycles. The number of thioether (sulfide) groups is 1. The largest absolute Gasteiger partial charge is 0.494 e. The fourth-order valence-corrected chi connectivity index (χ4v) is 5.30. The van der Waals surface area contributed by atoms with Gasteiger partial charge in [-0.3, -0.25) is 13.9 Å². The fourth-order valence-electron chi connectivity index (χ4n) is 4.22. The van der Waals surface area contributed by atoms with Gasteiger partial charge in [0, 0.05) is 31.2 Å². The Morgan fingerprint density at radius 2 is 1.78 bits per heavy atom. The van der Waals surface area contributed by atoms with Crippen molar-refractivity contribution < 1.29 is 14.6 Å². The van der Waals surface area contributed by atoms with Crippen LogP contribution in [-0.2, 0) is 17.8 Å². The van der Waals surface area contributed by atoms with Gasteiger partial charge in [0.25, 0.3) is 5.56 Å². The van der Waals surface area contributed by atoms with Crippen molar-refractivity contribution in [1.29, 1.82) is 0 Å². The number of anilines is 1. The Kier molecular flexibility index (Phi) is 11.0. The summed E-state index contributed by atoms with van der Waals surface area (Å²) in [6, 6.07) is 6.05. The molecule has 0 saturated heterocycles. The van der Waals surface area contributed by atoms with Crippen molar-refractivity contribution in [3.8, 4) is 11.6 Å². The molecule has 2 aromatic rings. The molecule has 0 spiro atoms. The van der Waals surface area contributed by atoms with Crippen molar-refractivity contribution >= 4 is 23.5 Å². The van der Waals surface area contributed by atoms with Gasteiger partial charge in [-0.15, -0.1) is 0 Å². The van der Waals surface area contributed by atoms with Gasteiger partial charge in [0.15, 0.2) is 0 Å². The monoisotopic (exact) mass is 529 g/mol. The number of aromatic nitrogens is 2. The van der Waals surface area contributed by atoms with Crippen LogP contribution in [-0.4, -0.2) is 41.1 Å². The zero-order valence-electron chi connectivity index (χ0n) is 22.4. The van der Waals surface area contributed by atoms with Crippen LogP contribution in [0.2, 0.25) is 0 Å². The highest BCUT2D eigenvalue weighted by Gasteiger charge is 2.25. The maximum Gasteiger partial charge on any atom is 0.333 e. The lowest BCUT2D eigenvalue weighted by Gasteiger charge is -2.19. The Balaban J connectivity index is 2.07. The smallest absolute Gasteiger partial charge is 0.333 e. The minimum Gasteiger partial charge on any atom is -0.494 e. The highest BCUT2D eigenvalue weighted by atomic mass is 32.2. The van der Waals surface area contributed by atoms with E-state index < -0.39 is 11.2 Å². The van der Waals surface area contributed by atoms with Crippen molar-refractivity contribution in [1.82, 2.24) is 9.13 Å². The number of fused-ring (bicyclic) bond motifs is 1. The minimum absolute atomic E-state index is 0.0526. The zero-order valence-corrected chi connectivity index (χ0v) is 23.2. The number of hydrogen-bond acceptors (Lipinski definition) is 7. The molecule has 0 bridgehead atoms. The van der Waals surface area contributed by atoms with Crippen molar-refractivity contribution in [2.75, 3.05) is 31.8 Å². The third-order valence-corrected chi connectivity index (χ3v) is 7.33. The minimum atomic E-state index is -0.547. The first kappa shape index (κ1) is 28.7. The van der Waals surface area contributed by atoms with Crippen LogP contribution in [0, 0.1) is 0 Å². The predicted octanol–water partition coefficient (Wildman–Crippen LogP) is 5.21. The van der Waals surface area contributed by atoms with Gasteiger partial charge in [0.05, 0.1) is 25.4 Å². The molecule has 0 atom stereocenters. The summed E-state index contributed by atoms with van der Waals surface area (Å²) in [7, 11) is 1.52. The summed E-state index contributed by atoms with van der Waals surface area (Å²) in [5.74, 6) is 0.491. The summed E-state index contributed by atoms with van der Waals surface area (Å²) < 4.78 is 13.2. The molecule has 0 radical (unpaired) electrons. The summed E-state index contributed by atoms with van der Waals surface area (Å²) in [6.07, 6.45) is 7.58. The molecule has 37 heavy (non-hydrogen) atoms. The van der Waals surface area contributed by atoms with Crippen LogP contribution in [0.1, 0.15) is 64.9 Å². The van der Waals surface area contributed by atoms with E-state index in [9.17, 15) is 14.7 Å². The number of hydrogen-bond donors (Lipinski definition) is 1. The van der Waals surface area contributed by atoms with Gasteiger partial charge in [0.2, 0.25) is 5.88 Å². The Morgan fingerprint density at radius 3 is 2.49 bits per heavy atom. The van der Waals surface area contributed by atoms with E-state index in [1.807, 2.05) is 26.0 Å². The molecule has 8 nitrogen and oxygen atoms in total. The summed E-state index contributed by atoms with van der Waals surface area (Å²) in [6.45, 7) is 8.24. The lowest BCUT2D eigenvalue weighted by molar-refractivity contribution is 0.183. The van der Waals surface area contributed by atoms with E-state index in [0.717, 1.165) is 58.2 Å². The number of rotatable bonds is 14. The second kappa shape index (κ2) is 14.2. The van der Waals surface area contributed by atoms with Gasteiger partial charge in [-0.25, -0.2) is 4.79 Å². The van der Waals surface area contributed by atoms with Gasteiger partial charge in [0.1, 0.15) is 16.3 Å². The Hall–Kier alpha value is -2.87. The molecule has 0 fully saturated rings. The molecule has 0 saturated carbocycles. The number of benzene rings is 1. The summed E-state index contributed by atoms with van der Waals surface area (Å²) >= 11 is 1.56. The van der Waals surface area contributed by atoms with E-state index in [0.29, 0.717) is 19.6 Å². The molecule has 1 aromatic carbocycles. The third-order valence-electron chi connectivity index (χ3n) is 6.25. The molecule has 1 aromatic heterocycles. The Morgan fingerprint density at radius 1 is 1.00 bits per heavy atom. The van der Waals surface area contributed by atoms with E-state index in [4.69, 9.17) is 9.47 Å². The second-order valence-electron chi connectivity index (χ2n) is 8.95. The number of unbranched alkanes of at least 4 members (excludes halogenated alkanes) is 4. The lowest BCUT2D eigenvalue weighted by Crippen LogP contribution is -2.41. The molecule has 202 valence electrons. The summed E-state index contributed by atoms with van der Waals surface area (Å²) in [5.41, 5.74) is 3.33. The van der Waals surface area contributed by atoms with Crippen molar-refractivity contribution in [3.05, 3.63) is 55.4 Å². The van der Waals surface area contributed by atoms with E-state index in [1.54, 1.807) is 11.8 Å².